The van der Waals surface area contributed by atoms with Crippen molar-refractivity contribution in [2.45, 2.75) is 38.1 Å². The third-order valence-corrected chi connectivity index (χ3v) is 5.19. The number of hydrogen-bond donors (Lipinski definition) is 1. The molecule has 3 rings (SSSR count). The average Bonchev–Trinajstić information content (AvgIpc) is 2.89. The molecule has 0 unspecified atom stereocenters. The van der Waals surface area contributed by atoms with Crippen LogP contribution in [-0.4, -0.2) is 34.4 Å². The number of likely N-dealkylation sites (tertiary alicyclic amines) is 1. The molecular formula is C16H21N3OS. The highest BCUT2D eigenvalue weighted by atomic mass is 32.1. The monoisotopic (exact) mass is 303 g/mol. The quantitative estimate of drug-likeness (QED) is 0.928. The van der Waals surface area contributed by atoms with Crippen molar-refractivity contribution < 1.29 is 4.79 Å². The van der Waals surface area contributed by atoms with Crippen LogP contribution in [0.15, 0.2) is 24.3 Å². The molecule has 0 spiro atoms. The molecule has 0 atom stereocenters. The van der Waals surface area contributed by atoms with E-state index in [0.717, 1.165) is 31.4 Å². The lowest BCUT2D eigenvalue weighted by atomic mass is 9.95. The van der Waals surface area contributed by atoms with Crippen molar-refractivity contribution in [1.29, 1.82) is 0 Å². The molecule has 4 nitrogen and oxygen atoms in total. The van der Waals surface area contributed by atoms with E-state index in [1.807, 2.05) is 11.0 Å². The number of rotatable bonds is 2. The number of benzene rings is 1. The van der Waals surface area contributed by atoms with Crippen molar-refractivity contribution >= 4 is 27.5 Å². The van der Waals surface area contributed by atoms with Gasteiger partial charge in [-0.3, -0.25) is 4.79 Å². The Morgan fingerprint density at radius 1 is 1.33 bits per heavy atom. The van der Waals surface area contributed by atoms with Crippen LogP contribution < -0.4 is 5.73 Å². The van der Waals surface area contributed by atoms with Gasteiger partial charge in [-0.05, 0) is 38.8 Å². The first-order valence-corrected chi connectivity index (χ1v) is 8.20. The normalized spacial score (nSPS) is 17.4. The van der Waals surface area contributed by atoms with Gasteiger partial charge in [-0.25, -0.2) is 4.98 Å². The molecule has 1 aliphatic heterocycles. The van der Waals surface area contributed by atoms with Gasteiger partial charge in [0.15, 0.2) is 0 Å². The Balaban J connectivity index is 1.69. The molecule has 0 saturated carbocycles. The first kappa shape index (κ1) is 14.5. The largest absolute Gasteiger partial charge is 0.341 e. The fourth-order valence-corrected chi connectivity index (χ4v) is 3.94. The van der Waals surface area contributed by atoms with Crippen LogP contribution >= 0.6 is 11.3 Å². The third kappa shape index (κ3) is 2.94. The lowest BCUT2D eigenvalue weighted by Crippen LogP contribution is -2.53. The molecule has 112 valence electrons. The molecule has 2 aromatic rings. The first-order valence-electron chi connectivity index (χ1n) is 7.39. The van der Waals surface area contributed by atoms with E-state index in [0.29, 0.717) is 5.92 Å². The summed E-state index contributed by atoms with van der Waals surface area (Å²) in [5.41, 5.74) is 6.21. The molecule has 1 aromatic carbocycles. The summed E-state index contributed by atoms with van der Waals surface area (Å²) in [4.78, 5) is 18.8. The highest BCUT2D eigenvalue weighted by Gasteiger charge is 2.31. The van der Waals surface area contributed by atoms with Crippen molar-refractivity contribution in [3.8, 4) is 0 Å². The predicted octanol–water partition coefficient (Wildman–Crippen LogP) is 2.74. The third-order valence-electron chi connectivity index (χ3n) is 3.99. The van der Waals surface area contributed by atoms with Crippen LogP contribution in [0.1, 0.15) is 37.6 Å². The van der Waals surface area contributed by atoms with Crippen LogP contribution in [0.3, 0.4) is 0 Å². The maximum Gasteiger partial charge on any atom is 0.242 e. The summed E-state index contributed by atoms with van der Waals surface area (Å²) in [6.07, 6.45) is 1.95. The van der Waals surface area contributed by atoms with Crippen molar-refractivity contribution in [2.24, 2.45) is 5.73 Å². The zero-order chi connectivity index (χ0) is 15.0. The van der Waals surface area contributed by atoms with Crippen molar-refractivity contribution in [1.82, 2.24) is 9.88 Å². The molecule has 0 bridgehead atoms. The number of amides is 1. The molecule has 5 heteroatoms. The van der Waals surface area contributed by atoms with Gasteiger partial charge in [0.25, 0.3) is 0 Å². The van der Waals surface area contributed by atoms with Crippen LogP contribution in [-0.2, 0) is 4.79 Å². The fraction of sp³-hybridized carbons (Fsp3) is 0.500. The highest BCUT2D eigenvalue weighted by Crippen LogP contribution is 2.34. The number of piperidine rings is 1. The average molecular weight is 303 g/mol. The minimum atomic E-state index is -0.775. The van der Waals surface area contributed by atoms with E-state index in [9.17, 15) is 4.79 Å². The van der Waals surface area contributed by atoms with E-state index in [2.05, 4.69) is 18.2 Å². The molecule has 0 aliphatic carbocycles. The van der Waals surface area contributed by atoms with Crippen LogP contribution in [0.4, 0.5) is 0 Å². The molecule has 1 amide bonds. The second-order valence-electron chi connectivity index (χ2n) is 6.31. The summed E-state index contributed by atoms with van der Waals surface area (Å²) >= 11 is 1.78. The van der Waals surface area contributed by atoms with Gasteiger partial charge in [-0.15, -0.1) is 11.3 Å². The number of aromatic nitrogens is 1. The lowest BCUT2D eigenvalue weighted by molar-refractivity contribution is -0.136. The summed E-state index contributed by atoms with van der Waals surface area (Å²) in [7, 11) is 0. The second kappa shape index (κ2) is 5.39. The zero-order valence-corrected chi connectivity index (χ0v) is 13.3. The molecule has 0 radical (unpaired) electrons. The van der Waals surface area contributed by atoms with Gasteiger partial charge in [0.2, 0.25) is 5.91 Å². The first-order chi connectivity index (χ1) is 9.95. The highest BCUT2D eigenvalue weighted by molar-refractivity contribution is 7.18. The molecule has 2 N–H and O–H groups in total. The van der Waals surface area contributed by atoms with Crippen LogP contribution in [0, 0.1) is 0 Å². The minimum Gasteiger partial charge on any atom is -0.341 e. The maximum absolute atomic E-state index is 12.2. The molecule has 21 heavy (non-hydrogen) atoms. The fourth-order valence-electron chi connectivity index (χ4n) is 2.80. The van der Waals surface area contributed by atoms with E-state index in [4.69, 9.17) is 10.7 Å². The van der Waals surface area contributed by atoms with Crippen LogP contribution in [0.2, 0.25) is 0 Å². The number of nitrogens with zero attached hydrogens (tertiary/aromatic N) is 2. The summed E-state index contributed by atoms with van der Waals surface area (Å²) in [5, 5.41) is 1.20. The summed E-state index contributed by atoms with van der Waals surface area (Å²) in [5.74, 6) is 0.512. The predicted molar refractivity (Wildman–Crippen MR) is 86.4 cm³/mol. The van der Waals surface area contributed by atoms with E-state index >= 15 is 0 Å². The van der Waals surface area contributed by atoms with Crippen LogP contribution in [0.5, 0.6) is 0 Å². The van der Waals surface area contributed by atoms with E-state index in [1.54, 1.807) is 25.2 Å². The molecular weight excluding hydrogens is 282 g/mol. The molecule has 1 aromatic heterocycles. The SMILES string of the molecule is CC(C)(N)C(=O)N1CCC(c2nc3ccccc3s2)CC1. The Hall–Kier alpha value is -1.46. The van der Waals surface area contributed by atoms with Gasteiger partial charge in [-0.2, -0.15) is 0 Å². The number of para-hydroxylation sites is 1. The van der Waals surface area contributed by atoms with E-state index in [1.165, 1.54) is 9.71 Å². The van der Waals surface area contributed by atoms with Crippen LogP contribution in [0.25, 0.3) is 10.2 Å². The number of carbonyl (C=O) groups is 1. The van der Waals surface area contributed by atoms with Gasteiger partial charge in [-0.1, -0.05) is 12.1 Å². The number of carbonyl (C=O) groups excluding carboxylic acids is 1. The van der Waals surface area contributed by atoms with Crippen molar-refractivity contribution in [3.05, 3.63) is 29.3 Å². The Bertz CT molecular complexity index is 618. The van der Waals surface area contributed by atoms with Crippen molar-refractivity contribution in [2.75, 3.05) is 13.1 Å². The van der Waals surface area contributed by atoms with Gasteiger partial charge < -0.3 is 10.6 Å². The van der Waals surface area contributed by atoms with Gasteiger partial charge in [0.05, 0.1) is 20.8 Å². The number of fused-ring (bicyclic) bond motifs is 1. The second-order valence-corrected chi connectivity index (χ2v) is 7.37. The molecule has 2 heterocycles. The summed E-state index contributed by atoms with van der Waals surface area (Å²) < 4.78 is 1.24. The number of thiazole rings is 1. The molecule has 1 fully saturated rings. The Labute approximate surface area is 129 Å². The zero-order valence-electron chi connectivity index (χ0n) is 12.5. The summed E-state index contributed by atoms with van der Waals surface area (Å²) in [6.45, 7) is 5.10. The Kier molecular flexibility index (Phi) is 3.71. The Morgan fingerprint density at radius 3 is 2.62 bits per heavy atom. The molecule has 1 aliphatic rings. The topological polar surface area (TPSA) is 59.2 Å². The molecule has 1 saturated heterocycles. The number of hydrogen-bond acceptors (Lipinski definition) is 4. The summed E-state index contributed by atoms with van der Waals surface area (Å²) in [6, 6.07) is 8.25. The Morgan fingerprint density at radius 2 is 2.00 bits per heavy atom. The van der Waals surface area contributed by atoms with Gasteiger partial charge in [0.1, 0.15) is 0 Å². The van der Waals surface area contributed by atoms with Gasteiger partial charge >= 0.3 is 0 Å². The van der Waals surface area contributed by atoms with Crippen molar-refractivity contribution in [3.63, 3.8) is 0 Å². The van der Waals surface area contributed by atoms with E-state index < -0.39 is 5.54 Å². The minimum absolute atomic E-state index is 0.0465. The maximum atomic E-state index is 12.2. The standard InChI is InChI=1S/C16H21N3OS/c1-16(2,17)15(20)19-9-7-11(8-10-19)14-18-12-5-3-4-6-13(12)21-14/h3-6,11H,7-10,17H2,1-2H3. The smallest absolute Gasteiger partial charge is 0.242 e. The van der Waals surface area contributed by atoms with Gasteiger partial charge in [0, 0.05) is 19.0 Å². The number of nitrogens with two attached hydrogens (primary N) is 1. The van der Waals surface area contributed by atoms with E-state index in [-0.39, 0.29) is 5.91 Å². The lowest BCUT2D eigenvalue weighted by Gasteiger charge is -2.35.